The number of nitrogens with one attached hydrogen (secondary N) is 1. The molecule has 8 nitrogen and oxygen atoms in total. The first-order valence-corrected chi connectivity index (χ1v) is 10.6. The summed E-state index contributed by atoms with van der Waals surface area (Å²) >= 11 is 0. The number of hydrogen-bond acceptors (Lipinski definition) is 6. The van der Waals surface area contributed by atoms with Gasteiger partial charge >= 0.3 is 6.18 Å². The van der Waals surface area contributed by atoms with Gasteiger partial charge in [-0.3, -0.25) is 14.9 Å². The third-order valence-electron chi connectivity index (χ3n) is 5.39. The van der Waals surface area contributed by atoms with E-state index in [4.69, 9.17) is 4.42 Å². The highest BCUT2D eigenvalue weighted by molar-refractivity contribution is 5.99. The molecule has 3 aromatic carbocycles. The van der Waals surface area contributed by atoms with Crippen LogP contribution in [-0.2, 0) is 6.18 Å². The zero-order chi connectivity index (χ0) is 26.0. The van der Waals surface area contributed by atoms with Crippen LogP contribution in [0.25, 0.3) is 22.8 Å². The number of rotatable bonds is 6. The molecule has 11 heteroatoms. The Morgan fingerprint density at radius 3 is 2.31 bits per heavy atom. The highest BCUT2D eigenvalue weighted by atomic mass is 19.4. The van der Waals surface area contributed by atoms with Crippen LogP contribution in [0.5, 0.6) is 5.75 Å². The Balaban J connectivity index is 1.77. The van der Waals surface area contributed by atoms with Gasteiger partial charge in [0, 0.05) is 11.6 Å². The summed E-state index contributed by atoms with van der Waals surface area (Å²) in [5, 5.41) is 23.8. The Bertz CT molecular complexity index is 1410. The van der Waals surface area contributed by atoms with Crippen LogP contribution >= 0.6 is 0 Å². The van der Waals surface area contributed by atoms with E-state index in [2.05, 4.69) is 10.3 Å². The third kappa shape index (κ3) is 5.04. The van der Waals surface area contributed by atoms with Crippen molar-refractivity contribution in [3.8, 4) is 28.5 Å². The molecule has 1 aromatic heterocycles. The van der Waals surface area contributed by atoms with E-state index in [1.807, 2.05) is 0 Å². The van der Waals surface area contributed by atoms with Gasteiger partial charge in [0.25, 0.3) is 11.6 Å². The van der Waals surface area contributed by atoms with Crippen LogP contribution < -0.4 is 5.32 Å². The second kappa shape index (κ2) is 9.53. The van der Waals surface area contributed by atoms with Crippen molar-refractivity contribution < 1.29 is 32.4 Å². The summed E-state index contributed by atoms with van der Waals surface area (Å²) in [5.74, 6) is -1.05. The maximum Gasteiger partial charge on any atom is 0.416 e. The number of aromatic hydroxyl groups is 1. The predicted octanol–water partition coefficient (Wildman–Crippen LogP) is 6.13. The zero-order valence-electron chi connectivity index (χ0n) is 18.6. The summed E-state index contributed by atoms with van der Waals surface area (Å²) in [6.45, 7) is 1.69. The topological polar surface area (TPSA) is 119 Å². The molecule has 184 valence electrons. The van der Waals surface area contributed by atoms with E-state index in [9.17, 15) is 33.2 Å². The van der Waals surface area contributed by atoms with Crippen LogP contribution in [0.4, 0.5) is 18.9 Å². The van der Waals surface area contributed by atoms with Gasteiger partial charge in [0.1, 0.15) is 5.75 Å². The minimum Gasteiger partial charge on any atom is -0.508 e. The smallest absolute Gasteiger partial charge is 0.416 e. The Morgan fingerprint density at radius 2 is 1.69 bits per heavy atom. The van der Waals surface area contributed by atoms with Gasteiger partial charge in [-0.15, -0.1) is 0 Å². The molecular formula is C25H18F3N3O5. The first-order chi connectivity index (χ1) is 17.0. The Kier molecular flexibility index (Phi) is 6.47. The van der Waals surface area contributed by atoms with Gasteiger partial charge in [0.15, 0.2) is 11.5 Å². The van der Waals surface area contributed by atoms with Crippen molar-refractivity contribution in [3.05, 3.63) is 99.7 Å². The van der Waals surface area contributed by atoms with E-state index in [0.29, 0.717) is 5.56 Å². The van der Waals surface area contributed by atoms with Crippen molar-refractivity contribution in [2.75, 3.05) is 0 Å². The number of carbonyl (C=O) groups is 1. The number of para-hydroxylation sites is 1. The molecule has 0 spiro atoms. The van der Waals surface area contributed by atoms with Crippen molar-refractivity contribution in [2.24, 2.45) is 0 Å². The normalized spacial score (nSPS) is 12.2. The summed E-state index contributed by atoms with van der Waals surface area (Å²) < 4.78 is 44.6. The molecule has 2 N–H and O–H groups in total. The number of phenols is 1. The largest absolute Gasteiger partial charge is 0.508 e. The Labute approximate surface area is 202 Å². The molecule has 0 aliphatic heterocycles. The van der Waals surface area contributed by atoms with Gasteiger partial charge < -0.3 is 14.8 Å². The fraction of sp³-hybridized carbons (Fsp3) is 0.120. The fourth-order valence-electron chi connectivity index (χ4n) is 3.52. The number of nitro groups is 1. The van der Waals surface area contributed by atoms with E-state index in [1.165, 1.54) is 36.4 Å². The second-order valence-electron chi connectivity index (χ2n) is 7.83. The molecule has 1 unspecified atom stereocenters. The predicted molar refractivity (Wildman–Crippen MR) is 123 cm³/mol. The Hall–Kier alpha value is -4.67. The summed E-state index contributed by atoms with van der Waals surface area (Å²) in [6.07, 6.45) is -4.54. The van der Waals surface area contributed by atoms with Gasteiger partial charge in [-0.25, -0.2) is 4.98 Å². The van der Waals surface area contributed by atoms with Crippen molar-refractivity contribution in [1.82, 2.24) is 10.3 Å². The first kappa shape index (κ1) is 24.5. The van der Waals surface area contributed by atoms with E-state index < -0.39 is 28.6 Å². The lowest BCUT2D eigenvalue weighted by Gasteiger charge is -2.14. The highest BCUT2D eigenvalue weighted by Gasteiger charge is 2.31. The number of carbonyl (C=O) groups excluding carboxylic acids is 1. The number of nitrogens with zero attached hydrogens (tertiary/aromatic N) is 2. The molecule has 1 amide bonds. The second-order valence-corrected chi connectivity index (χ2v) is 7.83. The number of hydrogen-bond donors (Lipinski definition) is 2. The van der Waals surface area contributed by atoms with E-state index in [0.717, 1.165) is 24.3 Å². The molecule has 0 aliphatic carbocycles. The van der Waals surface area contributed by atoms with E-state index in [1.54, 1.807) is 19.1 Å². The summed E-state index contributed by atoms with van der Waals surface area (Å²) in [4.78, 5) is 28.3. The number of benzene rings is 3. The molecule has 1 atom stereocenters. The van der Waals surface area contributed by atoms with E-state index >= 15 is 0 Å². The molecule has 0 saturated carbocycles. The number of halogens is 3. The summed E-state index contributed by atoms with van der Waals surface area (Å²) in [5.41, 5.74) is -0.695. The number of nitro benzene ring substituents is 1. The highest BCUT2D eigenvalue weighted by Crippen LogP contribution is 2.36. The minimum absolute atomic E-state index is 0.0180. The van der Waals surface area contributed by atoms with Crippen molar-refractivity contribution in [2.45, 2.75) is 19.1 Å². The number of aromatic nitrogens is 1. The SMILES string of the molecule is CC(NC(=O)c1nc(-c2ccc(C(F)(F)F)cc2)oc1-c1ccccc1[N+](=O)[O-])c1ccc(O)cc1. The maximum absolute atomic E-state index is 13.2. The molecule has 0 aliphatic rings. The van der Waals surface area contributed by atoms with Crippen molar-refractivity contribution in [3.63, 3.8) is 0 Å². The fourth-order valence-corrected chi connectivity index (χ4v) is 3.52. The third-order valence-corrected chi connectivity index (χ3v) is 5.39. The molecule has 0 saturated heterocycles. The lowest BCUT2D eigenvalue weighted by Crippen LogP contribution is -2.27. The van der Waals surface area contributed by atoms with Crippen LogP contribution in [0.3, 0.4) is 0 Å². The molecular weight excluding hydrogens is 479 g/mol. The number of oxazole rings is 1. The lowest BCUT2D eigenvalue weighted by molar-refractivity contribution is -0.384. The maximum atomic E-state index is 13.2. The molecule has 0 radical (unpaired) electrons. The van der Waals surface area contributed by atoms with Gasteiger partial charge in [-0.05, 0) is 55.0 Å². The molecule has 36 heavy (non-hydrogen) atoms. The lowest BCUT2D eigenvalue weighted by atomic mass is 10.1. The van der Waals surface area contributed by atoms with Gasteiger partial charge in [-0.1, -0.05) is 24.3 Å². The zero-order valence-corrected chi connectivity index (χ0v) is 18.6. The van der Waals surface area contributed by atoms with Crippen LogP contribution in [-0.4, -0.2) is 20.9 Å². The average Bonchev–Trinajstić information content (AvgIpc) is 3.29. The monoisotopic (exact) mass is 497 g/mol. The molecule has 1 heterocycles. The van der Waals surface area contributed by atoms with Crippen molar-refractivity contribution in [1.29, 1.82) is 0 Å². The summed E-state index contributed by atoms with van der Waals surface area (Å²) in [6, 6.07) is 15.1. The Morgan fingerprint density at radius 1 is 1.06 bits per heavy atom. The number of phenolic OH excluding ortho intramolecular Hbond substituents is 1. The van der Waals surface area contributed by atoms with E-state index in [-0.39, 0.29) is 39.9 Å². The number of alkyl halides is 3. The number of amides is 1. The first-order valence-electron chi connectivity index (χ1n) is 10.6. The van der Waals surface area contributed by atoms with Crippen LogP contribution in [0, 0.1) is 10.1 Å². The average molecular weight is 497 g/mol. The minimum atomic E-state index is -4.54. The molecule has 0 bridgehead atoms. The molecule has 0 fully saturated rings. The summed E-state index contributed by atoms with van der Waals surface area (Å²) in [7, 11) is 0. The van der Waals surface area contributed by atoms with Crippen LogP contribution in [0.1, 0.15) is 34.6 Å². The van der Waals surface area contributed by atoms with Crippen molar-refractivity contribution >= 4 is 11.6 Å². The molecule has 4 aromatic rings. The van der Waals surface area contributed by atoms with Crippen LogP contribution in [0.15, 0.2) is 77.2 Å². The van der Waals surface area contributed by atoms with Gasteiger partial charge in [0.05, 0.1) is 22.1 Å². The quantitative estimate of drug-likeness (QED) is 0.244. The van der Waals surface area contributed by atoms with Gasteiger partial charge in [-0.2, -0.15) is 13.2 Å². The van der Waals surface area contributed by atoms with Gasteiger partial charge in [0.2, 0.25) is 5.89 Å². The molecule has 4 rings (SSSR count). The standard InChI is InChI=1S/C25H18F3N3O5/c1-14(15-8-12-18(32)13-9-15)29-23(33)21-22(19-4-2-3-5-20(19)31(34)35)36-24(30-21)16-6-10-17(11-7-16)25(26,27)28/h2-14,32H,1H3,(H,29,33). The van der Waals surface area contributed by atoms with Crippen LogP contribution in [0.2, 0.25) is 0 Å².